The maximum absolute atomic E-state index is 6.15. The van der Waals surface area contributed by atoms with Crippen LogP contribution in [0.25, 0.3) is 0 Å². The topological polar surface area (TPSA) is 33.3 Å². The van der Waals surface area contributed by atoms with Crippen molar-refractivity contribution < 1.29 is 4.74 Å². The lowest BCUT2D eigenvalue weighted by atomic mass is 9.99. The van der Waals surface area contributed by atoms with Crippen LogP contribution in [0.1, 0.15) is 36.1 Å². The molecule has 3 nitrogen and oxygen atoms in total. The number of benzene rings is 2. The molecule has 0 spiro atoms. The zero-order chi connectivity index (χ0) is 17.7. The molecule has 2 N–H and O–H groups in total. The summed E-state index contributed by atoms with van der Waals surface area (Å²) in [6.45, 7) is 6.38. The zero-order valence-corrected chi connectivity index (χ0v) is 16.0. The van der Waals surface area contributed by atoms with E-state index in [4.69, 9.17) is 28.6 Å². The summed E-state index contributed by atoms with van der Waals surface area (Å²) in [4.78, 5) is 0. The highest BCUT2D eigenvalue weighted by molar-refractivity contribution is 7.80. The fraction of sp³-hybridized carbons (Fsp3) is 0.316. The number of aryl methyl sites for hydroxylation is 2. The van der Waals surface area contributed by atoms with Crippen LogP contribution in [-0.2, 0) is 0 Å². The van der Waals surface area contributed by atoms with Gasteiger partial charge in [0, 0.05) is 5.69 Å². The van der Waals surface area contributed by atoms with E-state index in [1.807, 2.05) is 12.1 Å². The molecular formula is C19H23ClN2OS. The molecule has 0 bridgehead atoms. The van der Waals surface area contributed by atoms with Crippen LogP contribution in [0.3, 0.4) is 0 Å². The average molecular weight is 363 g/mol. The summed E-state index contributed by atoms with van der Waals surface area (Å²) in [6.07, 6.45) is 0.938. The van der Waals surface area contributed by atoms with E-state index >= 15 is 0 Å². The number of ether oxygens (including phenoxy) is 1. The first-order chi connectivity index (χ1) is 11.4. The van der Waals surface area contributed by atoms with E-state index < -0.39 is 0 Å². The quantitative estimate of drug-likeness (QED) is 0.697. The number of anilines is 1. The first-order valence-corrected chi connectivity index (χ1v) is 8.71. The summed E-state index contributed by atoms with van der Waals surface area (Å²) < 4.78 is 5.16. The summed E-state index contributed by atoms with van der Waals surface area (Å²) in [5.41, 5.74) is 4.64. The van der Waals surface area contributed by atoms with Crippen molar-refractivity contribution in [2.24, 2.45) is 0 Å². The van der Waals surface area contributed by atoms with Crippen LogP contribution in [0.15, 0.2) is 36.4 Å². The Labute approximate surface area is 154 Å². The Kier molecular flexibility index (Phi) is 6.46. The fourth-order valence-electron chi connectivity index (χ4n) is 2.47. The van der Waals surface area contributed by atoms with Gasteiger partial charge < -0.3 is 15.4 Å². The molecule has 2 aromatic rings. The molecule has 24 heavy (non-hydrogen) atoms. The van der Waals surface area contributed by atoms with E-state index in [-0.39, 0.29) is 6.04 Å². The monoisotopic (exact) mass is 362 g/mol. The van der Waals surface area contributed by atoms with Gasteiger partial charge in [-0.2, -0.15) is 0 Å². The number of hydrogen-bond donors (Lipinski definition) is 2. The second-order valence-electron chi connectivity index (χ2n) is 5.75. The van der Waals surface area contributed by atoms with E-state index in [2.05, 4.69) is 49.6 Å². The van der Waals surface area contributed by atoms with Crippen LogP contribution in [0.4, 0.5) is 5.69 Å². The van der Waals surface area contributed by atoms with Crippen LogP contribution in [-0.4, -0.2) is 12.2 Å². The van der Waals surface area contributed by atoms with Crippen LogP contribution in [0.2, 0.25) is 5.02 Å². The second-order valence-corrected chi connectivity index (χ2v) is 6.57. The third-order valence-electron chi connectivity index (χ3n) is 4.06. The van der Waals surface area contributed by atoms with Gasteiger partial charge >= 0.3 is 0 Å². The van der Waals surface area contributed by atoms with Gasteiger partial charge in [0.2, 0.25) is 0 Å². The minimum Gasteiger partial charge on any atom is -0.495 e. The van der Waals surface area contributed by atoms with Gasteiger partial charge in [0.25, 0.3) is 0 Å². The smallest absolute Gasteiger partial charge is 0.171 e. The van der Waals surface area contributed by atoms with Crippen molar-refractivity contribution in [1.82, 2.24) is 5.32 Å². The average Bonchev–Trinajstić information content (AvgIpc) is 2.55. The number of halogens is 1. The normalized spacial score (nSPS) is 11.7. The molecule has 0 fully saturated rings. The lowest BCUT2D eigenvalue weighted by Crippen LogP contribution is -2.32. The van der Waals surface area contributed by atoms with Crippen molar-refractivity contribution in [3.63, 3.8) is 0 Å². The van der Waals surface area contributed by atoms with Crippen LogP contribution in [0.5, 0.6) is 5.75 Å². The SMILES string of the molecule is CC[C@@H](NC(=S)Nc1ccc(OC)c(Cl)c1)c1ccc(C)c(C)c1. The maximum atomic E-state index is 6.15. The van der Waals surface area contributed by atoms with Gasteiger partial charge in [-0.05, 0) is 67.4 Å². The van der Waals surface area contributed by atoms with Gasteiger partial charge in [0.05, 0.1) is 18.2 Å². The molecule has 0 heterocycles. The molecule has 0 saturated heterocycles. The molecule has 0 amide bonds. The van der Waals surface area contributed by atoms with Gasteiger partial charge in [-0.25, -0.2) is 0 Å². The molecule has 0 aliphatic rings. The molecule has 0 saturated carbocycles. The van der Waals surface area contributed by atoms with Gasteiger partial charge in [0.1, 0.15) is 5.75 Å². The Morgan fingerprint density at radius 1 is 1.17 bits per heavy atom. The molecule has 0 radical (unpaired) electrons. The zero-order valence-electron chi connectivity index (χ0n) is 14.4. The number of methoxy groups -OCH3 is 1. The molecule has 0 aromatic heterocycles. The second kappa shape index (κ2) is 8.36. The predicted molar refractivity (Wildman–Crippen MR) is 106 cm³/mol. The Bertz CT molecular complexity index is 733. The molecule has 1 atom stereocenters. The van der Waals surface area contributed by atoms with E-state index in [0.717, 1.165) is 12.1 Å². The molecule has 5 heteroatoms. The number of rotatable bonds is 5. The van der Waals surface area contributed by atoms with Crippen LogP contribution in [0, 0.1) is 13.8 Å². The van der Waals surface area contributed by atoms with Crippen molar-refractivity contribution in [1.29, 1.82) is 0 Å². The molecule has 0 unspecified atom stereocenters. The van der Waals surface area contributed by atoms with Gasteiger partial charge in [0.15, 0.2) is 5.11 Å². The maximum Gasteiger partial charge on any atom is 0.171 e. The van der Waals surface area contributed by atoms with E-state index in [1.54, 1.807) is 13.2 Å². The van der Waals surface area contributed by atoms with Crippen molar-refractivity contribution in [3.05, 3.63) is 58.1 Å². The largest absolute Gasteiger partial charge is 0.495 e. The van der Waals surface area contributed by atoms with Gasteiger partial charge in [-0.1, -0.05) is 36.7 Å². The van der Waals surface area contributed by atoms with Crippen molar-refractivity contribution in [2.75, 3.05) is 12.4 Å². The van der Waals surface area contributed by atoms with Crippen LogP contribution < -0.4 is 15.4 Å². The molecule has 128 valence electrons. The first kappa shape index (κ1) is 18.6. The standard InChI is InChI=1S/C19H23ClN2OS/c1-5-17(14-7-6-12(2)13(3)10-14)22-19(24)21-15-8-9-18(23-4)16(20)11-15/h6-11,17H,5H2,1-4H3,(H2,21,22,24)/t17-/m1/s1. The lowest BCUT2D eigenvalue weighted by molar-refractivity contribution is 0.415. The summed E-state index contributed by atoms with van der Waals surface area (Å²) in [5.74, 6) is 0.641. The highest BCUT2D eigenvalue weighted by Crippen LogP contribution is 2.27. The fourth-order valence-corrected chi connectivity index (χ4v) is 2.99. The Balaban J connectivity index is 2.06. The Hall–Kier alpha value is -1.78. The van der Waals surface area contributed by atoms with Crippen molar-refractivity contribution in [2.45, 2.75) is 33.2 Å². The summed E-state index contributed by atoms with van der Waals surface area (Å²) in [5, 5.41) is 7.67. The predicted octanol–water partition coefficient (Wildman–Crippen LogP) is 5.40. The molecule has 0 aliphatic heterocycles. The van der Waals surface area contributed by atoms with Gasteiger partial charge in [-0.15, -0.1) is 0 Å². The molecule has 2 rings (SSSR count). The molecule has 2 aromatic carbocycles. The van der Waals surface area contributed by atoms with Crippen molar-refractivity contribution >= 4 is 34.6 Å². The highest BCUT2D eigenvalue weighted by atomic mass is 35.5. The first-order valence-electron chi connectivity index (χ1n) is 7.92. The highest BCUT2D eigenvalue weighted by Gasteiger charge is 2.12. The van der Waals surface area contributed by atoms with Gasteiger partial charge in [-0.3, -0.25) is 0 Å². The Morgan fingerprint density at radius 2 is 1.92 bits per heavy atom. The molecular weight excluding hydrogens is 340 g/mol. The lowest BCUT2D eigenvalue weighted by Gasteiger charge is -2.21. The minimum atomic E-state index is 0.165. The summed E-state index contributed by atoms with van der Waals surface area (Å²) in [6, 6.07) is 12.2. The summed E-state index contributed by atoms with van der Waals surface area (Å²) in [7, 11) is 1.59. The van der Waals surface area contributed by atoms with E-state index in [9.17, 15) is 0 Å². The number of hydrogen-bond acceptors (Lipinski definition) is 2. The number of nitrogens with one attached hydrogen (secondary N) is 2. The minimum absolute atomic E-state index is 0.165. The molecule has 0 aliphatic carbocycles. The summed E-state index contributed by atoms with van der Waals surface area (Å²) >= 11 is 11.6. The van der Waals surface area contributed by atoms with Crippen molar-refractivity contribution in [3.8, 4) is 5.75 Å². The third kappa shape index (κ3) is 4.62. The number of thiocarbonyl (C=S) groups is 1. The van der Waals surface area contributed by atoms with Crippen LogP contribution >= 0.6 is 23.8 Å². The Morgan fingerprint density at radius 3 is 2.50 bits per heavy atom. The van der Waals surface area contributed by atoms with E-state index in [0.29, 0.717) is 15.9 Å². The van der Waals surface area contributed by atoms with E-state index in [1.165, 1.54) is 16.7 Å². The third-order valence-corrected chi connectivity index (χ3v) is 4.57.